The highest BCUT2D eigenvalue weighted by Crippen LogP contribution is 2.02. The van der Waals surface area contributed by atoms with Crippen molar-refractivity contribution in [2.75, 3.05) is 26.2 Å². The fourth-order valence-corrected chi connectivity index (χ4v) is 2.07. The first kappa shape index (κ1) is 15.0. The van der Waals surface area contributed by atoms with Crippen molar-refractivity contribution in [3.8, 4) is 0 Å². The van der Waals surface area contributed by atoms with Gasteiger partial charge in [-0.1, -0.05) is 13.8 Å². The lowest BCUT2D eigenvalue weighted by Gasteiger charge is -2.32. The number of carbonyl (C=O) groups excluding carboxylic acids is 2. The normalized spacial score (nSPS) is 20.0. The highest BCUT2D eigenvalue weighted by Gasteiger charge is 2.19. The molecule has 0 radical (unpaired) electrons. The first-order valence-electron chi connectivity index (χ1n) is 6.77. The summed E-state index contributed by atoms with van der Waals surface area (Å²) in [6.45, 7) is 8.92. The predicted molar refractivity (Wildman–Crippen MR) is 71.1 cm³/mol. The molecule has 1 saturated heterocycles. The van der Waals surface area contributed by atoms with Gasteiger partial charge in [-0.3, -0.25) is 9.59 Å². The largest absolute Gasteiger partial charge is 0.356 e. The SMILES string of the molecule is CC(C)CC(=O)NCCC(=O)N1CCNC(C)C1. The molecule has 1 aliphatic heterocycles. The summed E-state index contributed by atoms with van der Waals surface area (Å²) in [6, 6.07) is 0.359. The van der Waals surface area contributed by atoms with Gasteiger partial charge in [0.05, 0.1) is 0 Å². The van der Waals surface area contributed by atoms with Crippen LogP contribution in [0, 0.1) is 5.92 Å². The Morgan fingerprint density at radius 3 is 2.78 bits per heavy atom. The van der Waals surface area contributed by atoms with E-state index in [0.29, 0.717) is 31.3 Å². The van der Waals surface area contributed by atoms with Crippen LogP contribution in [0.25, 0.3) is 0 Å². The van der Waals surface area contributed by atoms with Gasteiger partial charge in [0.25, 0.3) is 0 Å². The summed E-state index contributed by atoms with van der Waals surface area (Å²) in [5.74, 6) is 0.523. The molecule has 2 N–H and O–H groups in total. The molecule has 1 aliphatic rings. The van der Waals surface area contributed by atoms with Crippen molar-refractivity contribution in [3.05, 3.63) is 0 Å². The number of nitrogens with zero attached hydrogens (tertiary/aromatic N) is 1. The second kappa shape index (κ2) is 7.36. The monoisotopic (exact) mass is 255 g/mol. The van der Waals surface area contributed by atoms with Crippen molar-refractivity contribution < 1.29 is 9.59 Å². The highest BCUT2D eigenvalue weighted by molar-refractivity contribution is 5.79. The fraction of sp³-hybridized carbons (Fsp3) is 0.846. The number of hydrogen-bond donors (Lipinski definition) is 2. The van der Waals surface area contributed by atoms with Crippen LogP contribution in [0.3, 0.4) is 0 Å². The standard InChI is InChI=1S/C13H25N3O2/c1-10(2)8-12(17)15-5-4-13(18)16-7-6-14-11(3)9-16/h10-11,14H,4-9H2,1-3H3,(H,15,17). The molecule has 0 aromatic rings. The van der Waals surface area contributed by atoms with Crippen molar-refractivity contribution in [1.29, 1.82) is 0 Å². The van der Waals surface area contributed by atoms with Gasteiger partial charge in [-0.25, -0.2) is 0 Å². The van der Waals surface area contributed by atoms with Crippen LogP contribution in [0.4, 0.5) is 0 Å². The molecule has 5 heteroatoms. The Kier molecular flexibility index (Phi) is 6.12. The van der Waals surface area contributed by atoms with E-state index in [2.05, 4.69) is 17.6 Å². The van der Waals surface area contributed by atoms with Crippen molar-refractivity contribution in [3.63, 3.8) is 0 Å². The molecule has 1 rings (SSSR count). The Labute approximate surface area is 109 Å². The number of piperazine rings is 1. The van der Waals surface area contributed by atoms with E-state index in [-0.39, 0.29) is 11.8 Å². The van der Waals surface area contributed by atoms with Gasteiger partial charge in [0.1, 0.15) is 0 Å². The average Bonchev–Trinajstić information content (AvgIpc) is 2.27. The molecule has 1 fully saturated rings. The number of carbonyl (C=O) groups is 2. The molecular formula is C13H25N3O2. The van der Waals surface area contributed by atoms with Crippen molar-refractivity contribution >= 4 is 11.8 Å². The van der Waals surface area contributed by atoms with E-state index < -0.39 is 0 Å². The lowest BCUT2D eigenvalue weighted by atomic mass is 10.1. The first-order valence-corrected chi connectivity index (χ1v) is 6.77. The van der Waals surface area contributed by atoms with Crippen LogP contribution in [0.15, 0.2) is 0 Å². The van der Waals surface area contributed by atoms with Crippen LogP contribution >= 0.6 is 0 Å². The molecule has 0 spiro atoms. The Hall–Kier alpha value is -1.10. The van der Waals surface area contributed by atoms with E-state index in [1.807, 2.05) is 18.7 Å². The Morgan fingerprint density at radius 1 is 1.44 bits per heavy atom. The maximum absolute atomic E-state index is 11.9. The topological polar surface area (TPSA) is 61.4 Å². The average molecular weight is 255 g/mol. The highest BCUT2D eigenvalue weighted by atomic mass is 16.2. The van der Waals surface area contributed by atoms with E-state index in [1.54, 1.807) is 0 Å². The summed E-state index contributed by atoms with van der Waals surface area (Å²) in [5, 5.41) is 6.09. The van der Waals surface area contributed by atoms with Crippen molar-refractivity contribution in [2.24, 2.45) is 5.92 Å². The quantitative estimate of drug-likeness (QED) is 0.745. The fourth-order valence-electron chi connectivity index (χ4n) is 2.07. The Balaban J connectivity index is 2.18. The minimum Gasteiger partial charge on any atom is -0.356 e. The van der Waals surface area contributed by atoms with Crippen LogP contribution in [-0.4, -0.2) is 48.9 Å². The lowest BCUT2D eigenvalue weighted by molar-refractivity contribution is -0.132. The third-order valence-electron chi connectivity index (χ3n) is 2.98. The predicted octanol–water partition coefficient (Wildman–Crippen LogP) is 0.359. The summed E-state index contributed by atoms with van der Waals surface area (Å²) < 4.78 is 0. The van der Waals surface area contributed by atoms with Gasteiger partial charge < -0.3 is 15.5 Å². The number of nitrogens with one attached hydrogen (secondary N) is 2. The minimum atomic E-state index is 0.0338. The molecule has 2 amide bonds. The molecule has 0 aromatic heterocycles. The third kappa shape index (κ3) is 5.49. The van der Waals surface area contributed by atoms with Crippen molar-refractivity contribution in [2.45, 2.75) is 39.7 Å². The summed E-state index contributed by atoms with van der Waals surface area (Å²) in [7, 11) is 0. The van der Waals surface area contributed by atoms with Gasteiger partial charge in [0, 0.05) is 45.1 Å². The Bertz CT molecular complexity index is 292. The van der Waals surface area contributed by atoms with E-state index >= 15 is 0 Å². The first-order chi connectivity index (χ1) is 8.49. The third-order valence-corrected chi connectivity index (χ3v) is 2.98. The molecule has 18 heavy (non-hydrogen) atoms. The van der Waals surface area contributed by atoms with Gasteiger partial charge in [-0.15, -0.1) is 0 Å². The summed E-state index contributed by atoms with van der Waals surface area (Å²) in [6.07, 6.45) is 0.926. The lowest BCUT2D eigenvalue weighted by Crippen LogP contribution is -2.51. The molecule has 1 atom stereocenters. The maximum Gasteiger partial charge on any atom is 0.224 e. The van der Waals surface area contributed by atoms with Crippen LogP contribution < -0.4 is 10.6 Å². The van der Waals surface area contributed by atoms with Gasteiger partial charge in [0.15, 0.2) is 0 Å². The van der Waals surface area contributed by atoms with E-state index in [0.717, 1.165) is 19.6 Å². The number of amides is 2. The molecule has 0 aromatic carbocycles. The molecule has 0 saturated carbocycles. The van der Waals surface area contributed by atoms with Crippen LogP contribution in [0.1, 0.15) is 33.6 Å². The van der Waals surface area contributed by atoms with E-state index in [9.17, 15) is 9.59 Å². The molecule has 0 bridgehead atoms. The summed E-state index contributed by atoms with van der Waals surface area (Å²) in [5.41, 5.74) is 0. The van der Waals surface area contributed by atoms with Gasteiger partial charge in [-0.2, -0.15) is 0 Å². The van der Waals surface area contributed by atoms with Crippen LogP contribution in [-0.2, 0) is 9.59 Å². The zero-order valence-corrected chi connectivity index (χ0v) is 11.7. The van der Waals surface area contributed by atoms with Crippen LogP contribution in [0.2, 0.25) is 0 Å². The minimum absolute atomic E-state index is 0.0338. The van der Waals surface area contributed by atoms with Gasteiger partial charge >= 0.3 is 0 Å². The number of hydrogen-bond acceptors (Lipinski definition) is 3. The summed E-state index contributed by atoms with van der Waals surface area (Å²) in [4.78, 5) is 25.2. The van der Waals surface area contributed by atoms with Gasteiger partial charge in [-0.05, 0) is 12.8 Å². The van der Waals surface area contributed by atoms with E-state index in [4.69, 9.17) is 0 Å². The smallest absolute Gasteiger partial charge is 0.224 e. The molecule has 1 heterocycles. The molecule has 5 nitrogen and oxygen atoms in total. The molecule has 104 valence electrons. The zero-order chi connectivity index (χ0) is 13.5. The second-order valence-corrected chi connectivity index (χ2v) is 5.39. The second-order valence-electron chi connectivity index (χ2n) is 5.39. The van der Waals surface area contributed by atoms with Gasteiger partial charge in [0.2, 0.25) is 11.8 Å². The molecular weight excluding hydrogens is 230 g/mol. The van der Waals surface area contributed by atoms with Crippen molar-refractivity contribution in [1.82, 2.24) is 15.5 Å². The van der Waals surface area contributed by atoms with Crippen LogP contribution in [0.5, 0.6) is 0 Å². The Morgan fingerprint density at radius 2 is 2.17 bits per heavy atom. The van der Waals surface area contributed by atoms with E-state index in [1.165, 1.54) is 0 Å². The maximum atomic E-state index is 11.9. The number of rotatable bonds is 5. The molecule has 0 aliphatic carbocycles. The zero-order valence-electron chi connectivity index (χ0n) is 11.7. The molecule has 1 unspecified atom stereocenters. The summed E-state index contributed by atoms with van der Waals surface area (Å²) >= 11 is 0.